The summed E-state index contributed by atoms with van der Waals surface area (Å²) in [5, 5.41) is 3.37. The average Bonchev–Trinajstić information content (AvgIpc) is 3.08. The van der Waals surface area contributed by atoms with E-state index in [1.54, 1.807) is 7.11 Å². The van der Waals surface area contributed by atoms with Gasteiger partial charge >= 0.3 is 0 Å². The Balaban J connectivity index is 0.00000364. The van der Waals surface area contributed by atoms with Crippen molar-refractivity contribution in [1.29, 1.82) is 0 Å². The molecule has 160 valence electrons. The number of nitrogens with one attached hydrogen (secondary N) is 1. The summed E-state index contributed by atoms with van der Waals surface area (Å²) in [6.07, 6.45) is 1.11. The quantitative estimate of drug-likeness (QED) is 0.203. The smallest absolute Gasteiger partial charge is 0.193 e. The van der Waals surface area contributed by atoms with E-state index >= 15 is 0 Å². The first kappa shape index (κ1) is 24.9. The fraction of sp³-hybridized carbons (Fsp3) is 0.941. The van der Waals surface area contributed by atoms with E-state index < -0.39 is 9.84 Å². The number of nitrogens with zero attached hydrogens (tertiary/aromatic N) is 3. The van der Waals surface area contributed by atoms with Crippen molar-refractivity contribution >= 4 is 39.8 Å². The zero-order valence-electron chi connectivity index (χ0n) is 16.6. The van der Waals surface area contributed by atoms with E-state index in [-0.39, 0.29) is 35.5 Å². The van der Waals surface area contributed by atoms with Crippen molar-refractivity contribution < 1.29 is 17.9 Å². The Morgan fingerprint density at radius 1 is 1.22 bits per heavy atom. The highest BCUT2D eigenvalue weighted by atomic mass is 127. The lowest BCUT2D eigenvalue weighted by molar-refractivity contribution is 0.0536. The predicted molar refractivity (Wildman–Crippen MR) is 119 cm³/mol. The molecule has 0 aliphatic carbocycles. The van der Waals surface area contributed by atoms with Gasteiger partial charge in [0, 0.05) is 52.3 Å². The number of guanidine groups is 1. The number of sulfone groups is 1. The number of hydrogen-bond acceptors (Lipinski definition) is 6. The summed E-state index contributed by atoms with van der Waals surface area (Å²) in [6, 6.07) is 0. The van der Waals surface area contributed by atoms with E-state index in [0.29, 0.717) is 38.8 Å². The molecule has 2 aliphatic rings. The van der Waals surface area contributed by atoms with Crippen LogP contribution >= 0.6 is 24.0 Å². The van der Waals surface area contributed by atoms with Gasteiger partial charge in [-0.1, -0.05) is 0 Å². The molecule has 2 heterocycles. The van der Waals surface area contributed by atoms with Crippen LogP contribution in [0.1, 0.15) is 13.3 Å². The van der Waals surface area contributed by atoms with Crippen LogP contribution in [-0.4, -0.2) is 108 Å². The van der Waals surface area contributed by atoms with E-state index in [4.69, 9.17) is 14.5 Å². The molecule has 10 heteroatoms. The topological polar surface area (TPSA) is 83.5 Å². The number of methoxy groups -OCH3 is 1. The third kappa shape index (κ3) is 9.25. The highest BCUT2D eigenvalue weighted by Crippen LogP contribution is 2.16. The molecule has 2 rings (SSSR count). The lowest BCUT2D eigenvalue weighted by atomic mass is 10.1. The molecule has 1 unspecified atom stereocenters. The SMILES string of the molecule is CCNC(=NCCN1CCS(=O)(=O)CC1)N1CCC(COCCOC)C1.I. The second-order valence-corrected chi connectivity index (χ2v) is 9.20. The fourth-order valence-electron chi connectivity index (χ4n) is 3.25. The van der Waals surface area contributed by atoms with Crippen LogP contribution in [-0.2, 0) is 19.3 Å². The molecule has 2 fully saturated rings. The van der Waals surface area contributed by atoms with Crippen molar-refractivity contribution in [2.24, 2.45) is 10.9 Å². The van der Waals surface area contributed by atoms with Gasteiger partial charge in [0.05, 0.1) is 37.9 Å². The van der Waals surface area contributed by atoms with Crippen LogP contribution in [0.5, 0.6) is 0 Å². The average molecular weight is 518 g/mol. The van der Waals surface area contributed by atoms with Gasteiger partial charge in [-0.2, -0.15) is 0 Å². The van der Waals surface area contributed by atoms with E-state index in [1.807, 2.05) is 0 Å². The van der Waals surface area contributed by atoms with Crippen LogP contribution in [0.4, 0.5) is 0 Å². The van der Waals surface area contributed by atoms with Gasteiger partial charge in [0.25, 0.3) is 0 Å². The number of likely N-dealkylation sites (tertiary alicyclic amines) is 1. The van der Waals surface area contributed by atoms with Crippen molar-refractivity contribution in [3.05, 3.63) is 0 Å². The predicted octanol–water partition coefficient (Wildman–Crippen LogP) is 0.285. The van der Waals surface area contributed by atoms with Gasteiger partial charge in [0.15, 0.2) is 15.8 Å². The Morgan fingerprint density at radius 3 is 2.63 bits per heavy atom. The number of hydrogen-bond donors (Lipinski definition) is 1. The van der Waals surface area contributed by atoms with Gasteiger partial charge in [-0.15, -0.1) is 24.0 Å². The zero-order valence-corrected chi connectivity index (χ0v) is 19.7. The summed E-state index contributed by atoms with van der Waals surface area (Å²) in [5.41, 5.74) is 0. The van der Waals surface area contributed by atoms with Gasteiger partial charge < -0.3 is 19.7 Å². The summed E-state index contributed by atoms with van der Waals surface area (Å²) in [5.74, 6) is 2.03. The molecule has 2 aliphatic heterocycles. The molecule has 0 radical (unpaired) electrons. The summed E-state index contributed by atoms with van der Waals surface area (Å²) in [4.78, 5) is 9.23. The zero-order chi connectivity index (χ0) is 18.8. The molecular weight excluding hydrogens is 483 g/mol. The first-order chi connectivity index (χ1) is 12.5. The number of halogens is 1. The Kier molecular flexibility index (Phi) is 12.1. The molecule has 27 heavy (non-hydrogen) atoms. The van der Waals surface area contributed by atoms with Gasteiger partial charge in [-0.05, 0) is 13.3 Å². The molecule has 2 saturated heterocycles. The van der Waals surface area contributed by atoms with Crippen molar-refractivity contribution in [1.82, 2.24) is 15.1 Å². The summed E-state index contributed by atoms with van der Waals surface area (Å²) in [7, 11) is -1.13. The lowest BCUT2D eigenvalue weighted by Crippen LogP contribution is -2.43. The first-order valence-corrected chi connectivity index (χ1v) is 11.4. The minimum Gasteiger partial charge on any atom is -0.382 e. The Labute approximate surface area is 181 Å². The van der Waals surface area contributed by atoms with Crippen molar-refractivity contribution in [3.8, 4) is 0 Å². The molecule has 0 aromatic carbocycles. The maximum Gasteiger partial charge on any atom is 0.193 e. The largest absolute Gasteiger partial charge is 0.382 e. The number of rotatable bonds is 9. The normalized spacial score (nSPS) is 23.3. The molecule has 0 amide bonds. The molecule has 0 saturated carbocycles. The van der Waals surface area contributed by atoms with E-state index in [9.17, 15) is 8.42 Å². The molecule has 1 atom stereocenters. The second kappa shape index (κ2) is 13.1. The molecule has 0 aromatic heterocycles. The Morgan fingerprint density at radius 2 is 1.96 bits per heavy atom. The Bertz CT molecular complexity index is 533. The minimum absolute atomic E-state index is 0. The first-order valence-electron chi connectivity index (χ1n) is 9.56. The molecule has 0 spiro atoms. The van der Waals surface area contributed by atoms with Crippen LogP contribution in [0.25, 0.3) is 0 Å². The van der Waals surface area contributed by atoms with Crippen molar-refractivity contribution in [2.45, 2.75) is 13.3 Å². The standard InChI is InChI=1S/C17H34N4O4S.HI/c1-3-18-17(19-5-7-20-8-12-26(22,23)13-9-20)21-6-4-16(14-21)15-25-11-10-24-2;/h16H,3-15H2,1-2H3,(H,18,19);1H. The molecule has 1 N–H and O–H groups in total. The fourth-order valence-corrected chi connectivity index (χ4v) is 4.53. The van der Waals surface area contributed by atoms with E-state index in [1.165, 1.54) is 0 Å². The maximum absolute atomic E-state index is 11.5. The van der Waals surface area contributed by atoms with Gasteiger partial charge in [0.2, 0.25) is 0 Å². The molecule has 0 aromatic rings. The van der Waals surface area contributed by atoms with Crippen LogP contribution in [0.3, 0.4) is 0 Å². The molecular formula is C17H35IN4O4S. The lowest BCUT2D eigenvalue weighted by Gasteiger charge is -2.26. The van der Waals surface area contributed by atoms with Crippen LogP contribution in [0, 0.1) is 5.92 Å². The summed E-state index contributed by atoms with van der Waals surface area (Å²) < 4.78 is 33.6. The molecule has 0 bridgehead atoms. The summed E-state index contributed by atoms with van der Waals surface area (Å²) in [6.45, 7) is 9.66. The Hall–Kier alpha value is -0.170. The van der Waals surface area contributed by atoms with Crippen LogP contribution in [0.15, 0.2) is 4.99 Å². The molecule has 8 nitrogen and oxygen atoms in total. The van der Waals surface area contributed by atoms with Gasteiger partial charge in [-0.25, -0.2) is 8.42 Å². The van der Waals surface area contributed by atoms with Gasteiger partial charge in [0.1, 0.15) is 0 Å². The number of aliphatic imine (C=N–C) groups is 1. The maximum atomic E-state index is 11.5. The minimum atomic E-state index is -2.81. The third-order valence-electron chi connectivity index (χ3n) is 4.82. The monoisotopic (exact) mass is 518 g/mol. The highest BCUT2D eigenvalue weighted by Gasteiger charge is 2.25. The third-order valence-corrected chi connectivity index (χ3v) is 6.43. The highest BCUT2D eigenvalue weighted by molar-refractivity contribution is 14.0. The number of ether oxygens (including phenoxy) is 2. The van der Waals surface area contributed by atoms with Gasteiger partial charge in [-0.3, -0.25) is 9.89 Å². The van der Waals surface area contributed by atoms with E-state index in [0.717, 1.165) is 45.2 Å². The second-order valence-electron chi connectivity index (χ2n) is 6.90. The summed E-state index contributed by atoms with van der Waals surface area (Å²) >= 11 is 0. The van der Waals surface area contributed by atoms with Crippen molar-refractivity contribution in [2.75, 3.05) is 84.2 Å². The van der Waals surface area contributed by atoms with E-state index in [2.05, 4.69) is 22.0 Å². The van der Waals surface area contributed by atoms with Crippen LogP contribution in [0.2, 0.25) is 0 Å². The van der Waals surface area contributed by atoms with Crippen LogP contribution < -0.4 is 5.32 Å². The van der Waals surface area contributed by atoms with Crippen molar-refractivity contribution in [3.63, 3.8) is 0 Å².